The number of rotatable bonds is 3. The van der Waals surface area contributed by atoms with Crippen LogP contribution in [-0.2, 0) is 11.2 Å². The Balaban J connectivity index is 1.98. The fourth-order valence-electron chi connectivity index (χ4n) is 2.50. The lowest BCUT2D eigenvalue weighted by atomic mass is 9.96. The van der Waals surface area contributed by atoms with Crippen LogP contribution in [0, 0.1) is 5.82 Å². The Morgan fingerprint density at radius 1 is 1.50 bits per heavy atom. The first-order valence-corrected chi connectivity index (χ1v) is 7.29. The Morgan fingerprint density at radius 2 is 2.30 bits per heavy atom. The van der Waals surface area contributed by atoms with Crippen molar-refractivity contribution >= 4 is 22.9 Å². The van der Waals surface area contributed by atoms with Crippen LogP contribution in [-0.4, -0.2) is 11.0 Å². The number of carbonyl (C=O) groups is 1. The highest BCUT2D eigenvalue weighted by Gasteiger charge is 2.31. The molecule has 0 fully saturated rings. The Kier molecular flexibility index (Phi) is 3.31. The van der Waals surface area contributed by atoms with Gasteiger partial charge < -0.3 is 10.4 Å². The molecule has 2 aromatic rings. The third-order valence-electron chi connectivity index (χ3n) is 3.61. The number of aliphatic hydroxyl groups is 1. The molecule has 0 saturated heterocycles. The Labute approximate surface area is 120 Å². The largest absolute Gasteiger partial charge is 0.388 e. The van der Waals surface area contributed by atoms with Crippen LogP contribution in [0.5, 0.6) is 0 Å². The maximum Gasteiger partial charge on any atom is 0.231 e. The quantitative estimate of drug-likeness (QED) is 0.912. The number of hydrogen-bond acceptors (Lipinski definition) is 3. The van der Waals surface area contributed by atoms with Crippen LogP contribution in [0.3, 0.4) is 0 Å². The monoisotopic (exact) mass is 291 g/mol. The van der Waals surface area contributed by atoms with Crippen molar-refractivity contribution in [2.75, 3.05) is 5.32 Å². The molecule has 3 nitrogen and oxygen atoms in total. The lowest BCUT2D eigenvalue weighted by molar-refractivity contribution is -0.116. The molecule has 2 N–H and O–H groups in total. The summed E-state index contributed by atoms with van der Waals surface area (Å²) in [6.45, 7) is 1.73. The molecule has 1 aromatic heterocycles. The van der Waals surface area contributed by atoms with Gasteiger partial charge in [-0.1, -0.05) is 6.07 Å². The van der Waals surface area contributed by atoms with Crippen LogP contribution in [0.1, 0.15) is 34.9 Å². The molecule has 1 aliphatic heterocycles. The summed E-state index contributed by atoms with van der Waals surface area (Å²) in [5.41, 5.74) is 1.63. The van der Waals surface area contributed by atoms with E-state index in [-0.39, 0.29) is 11.8 Å². The third-order valence-corrected chi connectivity index (χ3v) is 4.50. The number of halogens is 1. The second-order valence-electron chi connectivity index (χ2n) is 4.97. The van der Waals surface area contributed by atoms with Crippen molar-refractivity contribution in [1.82, 2.24) is 0 Å². The first kappa shape index (κ1) is 13.3. The van der Waals surface area contributed by atoms with E-state index in [2.05, 4.69) is 5.32 Å². The molecule has 0 radical (unpaired) electrons. The van der Waals surface area contributed by atoms with Gasteiger partial charge in [-0.2, -0.15) is 0 Å². The Bertz CT molecular complexity index is 654. The fraction of sp³-hybridized carbons (Fsp3) is 0.267. The molecule has 1 aliphatic rings. The highest BCUT2D eigenvalue weighted by molar-refractivity contribution is 7.09. The summed E-state index contributed by atoms with van der Waals surface area (Å²) in [6.07, 6.45) is -0.415. The van der Waals surface area contributed by atoms with Gasteiger partial charge in [-0.3, -0.25) is 4.79 Å². The van der Waals surface area contributed by atoms with Crippen molar-refractivity contribution in [3.8, 4) is 0 Å². The van der Waals surface area contributed by atoms with Crippen LogP contribution < -0.4 is 5.32 Å². The minimum atomic E-state index is -0.830. The van der Waals surface area contributed by atoms with E-state index in [1.165, 1.54) is 12.1 Å². The van der Waals surface area contributed by atoms with Crippen LogP contribution in [0.4, 0.5) is 10.1 Å². The summed E-state index contributed by atoms with van der Waals surface area (Å²) < 4.78 is 13.7. The van der Waals surface area contributed by atoms with E-state index < -0.39 is 11.9 Å². The van der Waals surface area contributed by atoms with Gasteiger partial charge in [0.25, 0.3) is 0 Å². The minimum Gasteiger partial charge on any atom is -0.388 e. The summed E-state index contributed by atoms with van der Waals surface area (Å²) >= 11 is 1.54. The van der Waals surface area contributed by atoms with Gasteiger partial charge in [-0.25, -0.2) is 4.39 Å². The van der Waals surface area contributed by atoms with E-state index >= 15 is 0 Å². The van der Waals surface area contributed by atoms with Gasteiger partial charge in [-0.05, 0) is 36.1 Å². The van der Waals surface area contributed by atoms with Gasteiger partial charge >= 0.3 is 0 Å². The maximum atomic E-state index is 13.7. The average molecular weight is 291 g/mol. The number of nitrogens with one attached hydrogen (secondary N) is 1. The molecule has 1 amide bonds. The molecule has 0 aliphatic carbocycles. The summed E-state index contributed by atoms with van der Waals surface area (Å²) in [7, 11) is 0. The molecule has 2 unspecified atom stereocenters. The molecular weight excluding hydrogens is 277 g/mol. The highest BCUT2D eigenvalue weighted by Crippen LogP contribution is 2.39. The second kappa shape index (κ2) is 5.00. The molecule has 104 valence electrons. The molecule has 0 bridgehead atoms. The van der Waals surface area contributed by atoms with Crippen molar-refractivity contribution in [2.45, 2.75) is 25.4 Å². The number of hydrogen-bond donors (Lipinski definition) is 2. The van der Waals surface area contributed by atoms with Crippen molar-refractivity contribution in [2.24, 2.45) is 0 Å². The van der Waals surface area contributed by atoms with Crippen molar-refractivity contribution < 1.29 is 14.3 Å². The third kappa shape index (κ3) is 2.23. The van der Waals surface area contributed by atoms with E-state index in [0.29, 0.717) is 23.2 Å². The number of anilines is 1. The van der Waals surface area contributed by atoms with Gasteiger partial charge in [-0.15, -0.1) is 11.3 Å². The smallest absolute Gasteiger partial charge is 0.231 e. The van der Waals surface area contributed by atoms with Gasteiger partial charge in [0.05, 0.1) is 17.7 Å². The zero-order valence-corrected chi connectivity index (χ0v) is 11.7. The summed E-state index contributed by atoms with van der Waals surface area (Å²) in [6, 6.07) is 6.50. The molecule has 1 aromatic carbocycles. The number of benzene rings is 1. The Morgan fingerprint density at radius 3 is 3.00 bits per heavy atom. The topological polar surface area (TPSA) is 49.3 Å². The van der Waals surface area contributed by atoms with E-state index in [1.807, 2.05) is 17.5 Å². The van der Waals surface area contributed by atoms with Gasteiger partial charge in [0, 0.05) is 16.9 Å². The van der Waals surface area contributed by atoms with Crippen LogP contribution in [0.2, 0.25) is 0 Å². The Hall–Kier alpha value is -1.72. The number of aliphatic hydroxyl groups excluding tert-OH is 1. The first-order valence-electron chi connectivity index (χ1n) is 6.41. The van der Waals surface area contributed by atoms with Gasteiger partial charge in [0.2, 0.25) is 5.91 Å². The predicted octanol–water partition coefficient (Wildman–Crippen LogP) is 3.22. The molecule has 2 atom stereocenters. The molecular formula is C15H14FNO2S. The van der Waals surface area contributed by atoms with E-state index in [0.717, 1.165) is 4.88 Å². The normalized spacial score (nSPS) is 18.8. The first-order chi connectivity index (χ1) is 9.56. The zero-order valence-electron chi connectivity index (χ0n) is 10.9. The van der Waals surface area contributed by atoms with Crippen molar-refractivity contribution in [1.29, 1.82) is 0 Å². The number of thiophene rings is 1. The number of amides is 1. The van der Waals surface area contributed by atoms with Crippen LogP contribution in [0.15, 0.2) is 29.6 Å². The standard InChI is InChI=1S/C15H14FNO2S/c1-8-11-5-9(16)6-12(14(11)17-15(8)19)13(18)7-10-3-2-4-20-10/h2-6,8,13,18H,7H2,1H3,(H,17,19). The lowest BCUT2D eigenvalue weighted by Gasteiger charge is -2.15. The molecule has 3 rings (SSSR count). The highest BCUT2D eigenvalue weighted by atomic mass is 32.1. The lowest BCUT2D eigenvalue weighted by Crippen LogP contribution is -2.10. The summed E-state index contributed by atoms with van der Waals surface area (Å²) in [5, 5.41) is 15.0. The molecule has 5 heteroatoms. The van der Waals surface area contributed by atoms with E-state index in [1.54, 1.807) is 18.3 Å². The SMILES string of the molecule is CC1C(=O)Nc2c(C(O)Cc3cccs3)cc(F)cc21. The minimum absolute atomic E-state index is 0.157. The van der Waals surface area contributed by atoms with E-state index in [4.69, 9.17) is 0 Å². The average Bonchev–Trinajstić information content (AvgIpc) is 3.00. The van der Waals surface area contributed by atoms with Crippen LogP contribution >= 0.6 is 11.3 Å². The molecule has 0 spiro atoms. The number of carbonyl (C=O) groups excluding carboxylic acids is 1. The maximum absolute atomic E-state index is 13.7. The van der Waals surface area contributed by atoms with Crippen LogP contribution in [0.25, 0.3) is 0 Å². The fourth-order valence-corrected chi connectivity index (χ4v) is 3.24. The summed E-state index contributed by atoms with van der Waals surface area (Å²) in [4.78, 5) is 12.7. The molecule has 2 heterocycles. The molecule has 20 heavy (non-hydrogen) atoms. The predicted molar refractivity (Wildman–Crippen MR) is 76.4 cm³/mol. The number of fused-ring (bicyclic) bond motifs is 1. The molecule has 0 saturated carbocycles. The summed E-state index contributed by atoms with van der Waals surface area (Å²) in [5.74, 6) is -0.962. The van der Waals surface area contributed by atoms with Gasteiger partial charge in [0.1, 0.15) is 5.82 Å². The van der Waals surface area contributed by atoms with E-state index in [9.17, 15) is 14.3 Å². The van der Waals surface area contributed by atoms with Gasteiger partial charge in [0.15, 0.2) is 0 Å². The second-order valence-corrected chi connectivity index (χ2v) is 6.00. The zero-order chi connectivity index (χ0) is 14.3. The van der Waals surface area contributed by atoms with Crippen molar-refractivity contribution in [3.63, 3.8) is 0 Å². The van der Waals surface area contributed by atoms with Crippen molar-refractivity contribution in [3.05, 3.63) is 51.5 Å².